The Bertz CT molecular complexity index is 1060. The highest BCUT2D eigenvalue weighted by atomic mass is 32.2. The Kier molecular flexibility index (Phi) is 5.94. The molecule has 164 valence electrons. The summed E-state index contributed by atoms with van der Waals surface area (Å²) in [6.45, 7) is 6.28. The van der Waals surface area contributed by atoms with Crippen molar-refractivity contribution in [1.82, 2.24) is 8.61 Å². The first-order valence-electron chi connectivity index (χ1n) is 9.54. The highest BCUT2D eigenvalue weighted by Gasteiger charge is 2.42. The van der Waals surface area contributed by atoms with Gasteiger partial charge in [0.05, 0.1) is 21.7 Å². The van der Waals surface area contributed by atoms with Crippen molar-refractivity contribution in [2.75, 3.05) is 37.7 Å². The largest absolute Gasteiger partial charge is 0.243 e. The normalized spacial score (nSPS) is 24.6. The van der Waals surface area contributed by atoms with Crippen LogP contribution in [0.1, 0.15) is 32.8 Å². The first-order chi connectivity index (χ1) is 13.2. The van der Waals surface area contributed by atoms with Gasteiger partial charge in [0.25, 0.3) is 0 Å². The lowest BCUT2D eigenvalue weighted by Gasteiger charge is -2.34. The van der Waals surface area contributed by atoms with Crippen LogP contribution in [0.2, 0.25) is 0 Å². The van der Waals surface area contributed by atoms with Crippen LogP contribution in [0.4, 0.5) is 0 Å². The van der Waals surface area contributed by atoms with Crippen LogP contribution in [0.3, 0.4) is 0 Å². The van der Waals surface area contributed by atoms with E-state index in [2.05, 4.69) is 0 Å². The van der Waals surface area contributed by atoms with Gasteiger partial charge in [0.2, 0.25) is 20.0 Å². The maximum absolute atomic E-state index is 12.9. The van der Waals surface area contributed by atoms with Crippen LogP contribution in [0, 0.1) is 0 Å². The zero-order valence-electron chi connectivity index (χ0n) is 16.9. The third-order valence-electron chi connectivity index (χ3n) is 5.53. The Hall–Kier alpha value is -1.01. The second kappa shape index (κ2) is 7.60. The summed E-state index contributed by atoms with van der Waals surface area (Å²) in [6, 6.07) is 6.77. The Morgan fingerprint density at radius 2 is 1.41 bits per heavy atom. The Labute approximate surface area is 173 Å². The molecule has 0 spiro atoms. The van der Waals surface area contributed by atoms with Crippen LogP contribution in [-0.4, -0.2) is 76.8 Å². The molecule has 1 aromatic carbocycles. The van der Waals surface area contributed by atoms with E-state index in [4.69, 9.17) is 0 Å². The van der Waals surface area contributed by atoms with Crippen LogP contribution in [0.25, 0.3) is 0 Å². The molecule has 0 aliphatic carbocycles. The first kappa shape index (κ1) is 22.7. The van der Waals surface area contributed by atoms with Crippen molar-refractivity contribution < 1.29 is 25.3 Å². The first-order valence-corrected chi connectivity index (χ1v) is 14.3. The van der Waals surface area contributed by atoms with E-state index in [1.807, 2.05) is 20.8 Å². The minimum absolute atomic E-state index is 0.0260. The van der Waals surface area contributed by atoms with Crippen molar-refractivity contribution in [1.29, 1.82) is 0 Å². The van der Waals surface area contributed by atoms with Gasteiger partial charge in [-0.05, 0) is 29.5 Å². The lowest BCUT2D eigenvalue weighted by molar-refractivity contribution is 0.271. The SMILES string of the molecule is CC(C)(C)c1ccc(S(=O)(=O)N2CCN(S(=O)(=O)C3CCS(=O)(=O)C3)CC2)cc1. The van der Waals surface area contributed by atoms with Crippen LogP contribution < -0.4 is 0 Å². The second-order valence-corrected chi connectivity index (χ2v) is 15.0. The molecule has 0 saturated carbocycles. The van der Waals surface area contributed by atoms with Crippen LogP contribution in [0.15, 0.2) is 29.2 Å². The van der Waals surface area contributed by atoms with Gasteiger partial charge in [0, 0.05) is 26.2 Å². The molecule has 8 nitrogen and oxygen atoms in total. The predicted molar refractivity (Wildman–Crippen MR) is 111 cm³/mol. The summed E-state index contributed by atoms with van der Waals surface area (Å²) in [6.07, 6.45) is 0.101. The molecule has 2 saturated heterocycles. The summed E-state index contributed by atoms with van der Waals surface area (Å²) >= 11 is 0. The highest BCUT2D eigenvalue weighted by molar-refractivity contribution is 7.95. The van der Waals surface area contributed by atoms with E-state index in [-0.39, 0.29) is 54.4 Å². The molecular formula is C18H28N2O6S3. The van der Waals surface area contributed by atoms with Gasteiger partial charge in [-0.25, -0.2) is 25.3 Å². The standard InChI is InChI=1S/C18H28N2O6S3/c1-18(2,3)15-4-6-16(7-5-15)28(23,24)19-9-11-20(12-10-19)29(25,26)17-8-13-27(21,22)14-17/h4-7,17H,8-14H2,1-3H3. The molecule has 0 aromatic heterocycles. The molecular weight excluding hydrogens is 436 g/mol. The number of sulfonamides is 2. The van der Waals surface area contributed by atoms with E-state index in [9.17, 15) is 25.3 Å². The number of benzene rings is 1. The van der Waals surface area contributed by atoms with Crippen molar-refractivity contribution in [3.05, 3.63) is 29.8 Å². The maximum Gasteiger partial charge on any atom is 0.243 e. The van der Waals surface area contributed by atoms with Crippen molar-refractivity contribution in [3.8, 4) is 0 Å². The molecule has 1 atom stereocenters. The summed E-state index contributed by atoms with van der Waals surface area (Å²) in [5.74, 6) is -0.468. The Morgan fingerprint density at radius 1 is 0.897 bits per heavy atom. The summed E-state index contributed by atoms with van der Waals surface area (Å²) in [5, 5.41) is -0.930. The zero-order chi connectivity index (χ0) is 21.7. The van der Waals surface area contributed by atoms with E-state index in [0.29, 0.717) is 0 Å². The molecule has 0 N–H and O–H groups in total. The van der Waals surface area contributed by atoms with E-state index >= 15 is 0 Å². The van der Waals surface area contributed by atoms with Crippen LogP contribution >= 0.6 is 0 Å². The molecule has 29 heavy (non-hydrogen) atoms. The van der Waals surface area contributed by atoms with E-state index in [0.717, 1.165) is 5.56 Å². The van der Waals surface area contributed by atoms with E-state index in [1.165, 1.54) is 8.61 Å². The minimum Gasteiger partial charge on any atom is -0.229 e. The molecule has 1 unspecified atom stereocenters. The Morgan fingerprint density at radius 3 is 1.86 bits per heavy atom. The second-order valence-electron chi connectivity index (χ2n) is 8.65. The van der Waals surface area contributed by atoms with Crippen molar-refractivity contribution >= 4 is 29.9 Å². The van der Waals surface area contributed by atoms with Crippen molar-refractivity contribution in [2.24, 2.45) is 0 Å². The van der Waals surface area contributed by atoms with Gasteiger partial charge in [0.1, 0.15) is 0 Å². The average molecular weight is 465 g/mol. The number of piperazine rings is 1. The third-order valence-corrected chi connectivity index (χ3v) is 11.7. The molecule has 1 aromatic rings. The zero-order valence-corrected chi connectivity index (χ0v) is 19.4. The third kappa shape index (κ3) is 4.68. The quantitative estimate of drug-likeness (QED) is 0.652. The topological polar surface area (TPSA) is 109 Å². The lowest BCUT2D eigenvalue weighted by Crippen LogP contribution is -2.52. The van der Waals surface area contributed by atoms with Crippen LogP contribution in [-0.2, 0) is 35.3 Å². The summed E-state index contributed by atoms with van der Waals surface area (Å²) in [5.41, 5.74) is 0.939. The molecule has 2 fully saturated rings. The average Bonchev–Trinajstić information content (AvgIpc) is 3.02. The smallest absolute Gasteiger partial charge is 0.229 e. The van der Waals surface area contributed by atoms with Crippen molar-refractivity contribution in [2.45, 2.75) is 42.8 Å². The summed E-state index contributed by atoms with van der Waals surface area (Å²) in [4.78, 5) is 0.184. The van der Waals surface area contributed by atoms with Gasteiger partial charge < -0.3 is 0 Å². The molecule has 0 amide bonds. The molecule has 11 heteroatoms. The predicted octanol–water partition coefficient (Wildman–Crippen LogP) is 0.807. The van der Waals surface area contributed by atoms with Crippen LogP contribution in [0.5, 0.6) is 0 Å². The minimum atomic E-state index is -3.76. The number of sulfone groups is 1. The summed E-state index contributed by atoms with van der Waals surface area (Å²) in [7, 11) is -10.8. The van der Waals surface area contributed by atoms with Gasteiger partial charge in [-0.2, -0.15) is 8.61 Å². The molecule has 2 aliphatic rings. The van der Waals surface area contributed by atoms with Crippen molar-refractivity contribution in [3.63, 3.8) is 0 Å². The molecule has 2 aliphatic heterocycles. The van der Waals surface area contributed by atoms with Gasteiger partial charge in [-0.1, -0.05) is 32.9 Å². The lowest BCUT2D eigenvalue weighted by atomic mass is 9.87. The summed E-state index contributed by atoms with van der Waals surface area (Å²) < 4.78 is 77.1. The monoisotopic (exact) mass is 464 g/mol. The number of rotatable bonds is 4. The fourth-order valence-corrected chi connectivity index (χ4v) is 9.58. The number of hydrogen-bond acceptors (Lipinski definition) is 6. The highest BCUT2D eigenvalue weighted by Crippen LogP contribution is 2.27. The molecule has 3 rings (SSSR count). The number of hydrogen-bond donors (Lipinski definition) is 0. The number of nitrogens with zero attached hydrogens (tertiary/aromatic N) is 2. The van der Waals surface area contributed by atoms with E-state index < -0.39 is 35.1 Å². The van der Waals surface area contributed by atoms with Gasteiger partial charge in [-0.15, -0.1) is 0 Å². The van der Waals surface area contributed by atoms with Gasteiger partial charge >= 0.3 is 0 Å². The fraction of sp³-hybridized carbons (Fsp3) is 0.667. The maximum atomic E-state index is 12.9. The van der Waals surface area contributed by atoms with Gasteiger partial charge in [-0.3, -0.25) is 0 Å². The molecule has 0 radical (unpaired) electrons. The molecule has 0 bridgehead atoms. The fourth-order valence-electron chi connectivity index (χ4n) is 3.65. The Balaban J connectivity index is 1.70. The van der Waals surface area contributed by atoms with E-state index in [1.54, 1.807) is 24.3 Å². The molecule has 2 heterocycles. The van der Waals surface area contributed by atoms with Gasteiger partial charge in [0.15, 0.2) is 9.84 Å².